The SMILES string of the molecule is Fc1cc(CNC2CCCC(C(F)(F)F)C2)ccc1Br. The second-order valence-corrected chi connectivity index (χ2v) is 6.09. The molecule has 0 bridgehead atoms. The number of rotatable bonds is 3. The lowest BCUT2D eigenvalue weighted by Gasteiger charge is -2.31. The van der Waals surface area contributed by atoms with Crippen molar-refractivity contribution in [2.75, 3.05) is 0 Å². The predicted molar refractivity (Wildman–Crippen MR) is 72.7 cm³/mol. The summed E-state index contributed by atoms with van der Waals surface area (Å²) in [7, 11) is 0. The highest BCUT2D eigenvalue weighted by molar-refractivity contribution is 9.10. The summed E-state index contributed by atoms with van der Waals surface area (Å²) in [5.41, 5.74) is 0.736. The molecule has 0 radical (unpaired) electrons. The standard InChI is InChI=1S/C14H16BrF4N/c15-12-5-4-9(6-13(12)16)8-20-11-3-1-2-10(7-11)14(17,18)19/h4-6,10-11,20H,1-3,7-8H2. The molecule has 112 valence electrons. The van der Waals surface area contributed by atoms with E-state index in [1.807, 2.05) is 0 Å². The summed E-state index contributed by atoms with van der Waals surface area (Å²) in [6, 6.07) is 4.60. The van der Waals surface area contributed by atoms with E-state index < -0.39 is 12.1 Å². The zero-order chi connectivity index (χ0) is 14.8. The van der Waals surface area contributed by atoms with E-state index in [1.54, 1.807) is 12.1 Å². The van der Waals surface area contributed by atoms with E-state index in [0.29, 0.717) is 17.4 Å². The molecule has 1 aromatic carbocycles. The number of benzene rings is 1. The maximum absolute atomic E-state index is 13.3. The first-order valence-electron chi connectivity index (χ1n) is 6.60. The van der Waals surface area contributed by atoms with Crippen LogP contribution in [-0.4, -0.2) is 12.2 Å². The zero-order valence-corrected chi connectivity index (χ0v) is 12.4. The first kappa shape index (κ1) is 15.8. The summed E-state index contributed by atoms with van der Waals surface area (Å²) in [6.45, 7) is 0.388. The summed E-state index contributed by atoms with van der Waals surface area (Å²) in [5.74, 6) is -1.57. The second-order valence-electron chi connectivity index (χ2n) is 5.23. The molecule has 1 aliphatic carbocycles. The Labute approximate surface area is 123 Å². The molecule has 6 heteroatoms. The van der Waals surface area contributed by atoms with E-state index >= 15 is 0 Å². The van der Waals surface area contributed by atoms with Crippen LogP contribution < -0.4 is 5.32 Å². The molecule has 20 heavy (non-hydrogen) atoms. The number of nitrogens with one attached hydrogen (secondary N) is 1. The fourth-order valence-corrected chi connectivity index (χ4v) is 2.83. The normalized spacial score (nSPS) is 23.9. The Hall–Kier alpha value is -0.620. The van der Waals surface area contributed by atoms with Gasteiger partial charge in [-0.3, -0.25) is 0 Å². The van der Waals surface area contributed by atoms with Gasteiger partial charge >= 0.3 is 6.18 Å². The number of hydrogen-bond acceptors (Lipinski definition) is 1. The molecule has 0 saturated heterocycles. The summed E-state index contributed by atoms with van der Waals surface area (Å²) in [6.07, 6.45) is -2.46. The van der Waals surface area contributed by atoms with Crippen LogP contribution in [-0.2, 0) is 6.54 Å². The van der Waals surface area contributed by atoms with E-state index in [9.17, 15) is 17.6 Å². The lowest BCUT2D eigenvalue weighted by molar-refractivity contribution is -0.183. The monoisotopic (exact) mass is 353 g/mol. The van der Waals surface area contributed by atoms with Gasteiger partial charge in [0.2, 0.25) is 0 Å². The molecule has 0 spiro atoms. The first-order valence-corrected chi connectivity index (χ1v) is 7.39. The number of alkyl halides is 3. The highest BCUT2D eigenvalue weighted by atomic mass is 79.9. The summed E-state index contributed by atoms with van der Waals surface area (Å²) < 4.78 is 51.8. The third kappa shape index (κ3) is 4.19. The molecule has 1 fully saturated rings. The molecule has 2 unspecified atom stereocenters. The Bertz CT molecular complexity index is 461. The Morgan fingerprint density at radius 1 is 1.25 bits per heavy atom. The molecule has 2 atom stereocenters. The van der Waals surface area contributed by atoms with Crippen molar-refractivity contribution in [3.63, 3.8) is 0 Å². The van der Waals surface area contributed by atoms with Crippen molar-refractivity contribution in [1.29, 1.82) is 0 Å². The largest absolute Gasteiger partial charge is 0.391 e. The molecular weight excluding hydrogens is 338 g/mol. The van der Waals surface area contributed by atoms with E-state index in [2.05, 4.69) is 21.2 Å². The van der Waals surface area contributed by atoms with Crippen LogP contribution in [0.25, 0.3) is 0 Å². The van der Waals surface area contributed by atoms with Crippen LogP contribution in [0.3, 0.4) is 0 Å². The molecule has 0 amide bonds. The molecule has 0 aromatic heterocycles. The van der Waals surface area contributed by atoms with Crippen molar-refractivity contribution in [1.82, 2.24) is 5.32 Å². The number of hydrogen-bond donors (Lipinski definition) is 1. The Balaban J connectivity index is 1.88. The van der Waals surface area contributed by atoms with Gasteiger partial charge in [0.15, 0.2) is 0 Å². The van der Waals surface area contributed by atoms with Crippen molar-refractivity contribution < 1.29 is 17.6 Å². The maximum atomic E-state index is 13.3. The van der Waals surface area contributed by atoms with Crippen LogP contribution in [0.4, 0.5) is 17.6 Å². The fraction of sp³-hybridized carbons (Fsp3) is 0.571. The van der Waals surface area contributed by atoms with Gasteiger partial charge in [0, 0.05) is 12.6 Å². The quantitative estimate of drug-likeness (QED) is 0.769. The Morgan fingerprint density at radius 2 is 2.00 bits per heavy atom. The molecular formula is C14H16BrF4N. The van der Waals surface area contributed by atoms with Gasteiger partial charge in [0.25, 0.3) is 0 Å². The van der Waals surface area contributed by atoms with Crippen LogP contribution in [0.5, 0.6) is 0 Å². The first-order chi connectivity index (χ1) is 9.36. The van der Waals surface area contributed by atoms with Crippen molar-refractivity contribution in [3.05, 3.63) is 34.1 Å². The minimum Gasteiger partial charge on any atom is -0.310 e. The Morgan fingerprint density at radius 3 is 2.65 bits per heavy atom. The predicted octanol–water partition coefficient (Wildman–Crippen LogP) is 4.80. The number of halogens is 5. The molecule has 1 saturated carbocycles. The molecule has 0 heterocycles. The van der Waals surface area contributed by atoms with Gasteiger partial charge in [-0.05, 0) is 52.9 Å². The highest BCUT2D eigenvalue weighted by Crippen LogP contribution is 2.37. The van der Waals surface area contributed by atoms with Crippen molar-refractivity contribution in [2.45, 2.75) is 44.4 Å². The van der Waals surface area contributed by atoms with E-state index in [1.165, 1.54) is 6.07 Å². The summed E-state index contributed by atoms with van der Waals surface area (Å²) >= 11 is 3.07. The zero-order valence-electron chi connectivity index (χ0n) is 10.8. The van der Waals surface area contributed by atoms with Gasteiger partial charge in [-0.25, -0.2) is 4.39 Å². The minimum absolute atomic E-state index is 0.114. The van der Waals surface area contributed by atoms with Crippen LogP contribution in [0.15, 0.2) is 22.7 Å². The highest BCUT2D eigenvalue weighted by Gasteiger charge is 2.41. The molecule has 1 aromatic rings. The van der Waals surface area contributed by atoms with Gasteiger partial charge in [-0.1, -0.05) is 12.5 Å². The van der Waals surface area contributed by atoms with Crippen LogP contribution in [0, 0.1) is 11.7 Å². The van der Waals surface area contributed by atoms with E-state index in [-0.39, 0.29) is 24.7 Å². The summed E-state index contributed by atoms with van der Waals surface area (Å²) in [4.78, 5) is 0. The second kappa shape index (κ2) is 6.43. The van der Waals surface area contributed by atoms with Gasteiger partial charge in [-0.2, -0.15) is 13.2 Å². The molecule has 0 aliphatic heterocycles. The minimum atomic E-state index is -4.11. The molecule has 2 rings (SSSR count). The Kier molecular flexibility index (Phi) is 5.07. The van der Waals surface area contributed by atoms with Crippen molar-refractivity contribution in [3.8, 4) is 0 Å². The molecule has 1 aliphatic rings. The van der Waals surface area contributed by atoms with Gasteiger partial charge < -0.3 is 5.32 Å². The third-order valence-electron chi connectivity index (χ3n) is 3.72. The van der Waals surface area contributed by atoms with E-state index in [4.69, 9.17) is 0 Å². The third-order valence-corrected chi connectivity index (χ3v) is 4.36. The van der Waals surface area contributed by atoms with Crippen LogP contribution >= 0.6 is 15.9 Å². The fourth-order valence-electron chi connectivity index (χ4n) is 2.58. The molecule has 1 N–H and O–H groups in total. The molecule has 1 nitrogen and oxygen atoms in total. The van der Waals surface area contributed by atoms with Gasteiger partial charge in [-0.15, -0.1) is 0 Å². The smallest absolute Gasteiger partial charge is 0.310 e. The van der Waals surface area contributed by atoms with Gasteiger partial charge in [0.05, 0.1) is 10.4 Å². The van der Waals surface area contributed by atoms with Crippen LogP contribution in [0.2, 0.25) is 0 Å². The van der Waals surface area contributed by atoms with Crippen molar-refractivity contribution >= 4 is 15.9 Å². The van der Waals surface area contributed by atoms with Crippen molar-refractivity contribution in [2.24, 2.45) is 5.92 Å². The lowest BCUT2D eigenvalue weighted by Crippen LogP contribution is -2.38. The topological polar surface area (TPSA) is 12.0 Å². The average molecular weight is 354 g/mol. The maximum Gasteiger partial charge on any atom is 0.391 e. The van der Waals surface area contributed by atoms with Gasteiger partial charge in [0.1, 0.15) is 5.82 Å². The van der Waals surface area contributed by atoms with Crippen LogP contribution in [0.1, 0.15) is 31.2 Å². The van der Waals surface area contributed by atoms with E-state index in [0.717, 1.165) is 12.0 Å². The summed E-state index contributed by atoms with van der Waals surface area (Å²) in [5, 5.41) is 3.10. The lowest BCUT2D eigenvalue weighted by atomic mass is 9.85. The average Bonchev–Trinajstić information content (AvgIpc) is 2.39.